The number of fused-ring (bicyclic) bond motifs is 1. The summed E-state index contributed by atoms with van der Waals surface area (Å²) in [7, 11) is 0. The average molecular weight is 471 g/mol. The molecule has 4 rings (SSSR count). The maximum Gasteiger partial charge on any atom is 0.410 e. The molecule has 0 saturated carbocycles. The molecule has 2 N–H and O–H groups in total. The Balaban J connectivity index is 1.65. The Bertz CT molecular complexity index is 1080. The van der Waals surface area contributed by atoms with E-state index in [1.165, 1.54) is 11.0 Å². The number of carbonyl (C=O) groups is 2. The zero-order valence-electron chi connectivity index (χ0n) is 20.0. The van der Waals surface area contributed by atoms with Crippen molar-refractivity contribution in [3.05, 3.63) is 41.3 Å². The highest BCUT2D eigenvalue weighted by Crippen LogP contribution is 2.36. The number of aryl methyl sites for hydroxylation is 1. The van der Waals surface area contributed by atoms with Gasteiger partial charge in [0, 0.05) is 30.9 Å². The number of nitrogens with two attached hydrogens (primary N) is 1. The van der Waals surface area contributed by atoms with Crippen molar-refractivity contribution in [2.75, 3.05) is 28.6 Å². The van der Waals surface area contributed by atoms with Crippen LogP contribution < -0.4 is 15.5 Å². The third-order valence-electron chi connectivity index (χ3n) is 6.03. The van der Waals surface area contributed by atoms with Gasteiger partial charge in [0.2, 0.25) is 5.95 Å². The van der Waals surface area contributed by atoms with Gasteiger partial charge in [0.05, 0.1) is 12.2 Å². The van der Waals surface area contributed by atoms with Gasteiger partial charge in [-0.1, -0.05) is 12.1 Å². The maximum atomic E-state index is 14.8. The lowest BCUT2D eigenvalue weighted by Gasteiger charge is -2.40. The van der Waals surface area contributed by atoms with Crippen LogP contribution in [0.2, 0.25) is 0 Å². The third-order valence-corrected chi connectivity index (χ3v) is 6.03. The van der Waals surface area contributed by atoms with Crippen molar-refractivity contribution >= 4 is 29.6 Å². The molecule has 34 heavy (non-hydrogen) atoms. The van der Waals surface area contributed by atoms with Crippen molar-refractivity contribution in [3.63, 3.8) is 0 Å². The van der Waals surface area contributed by atoms with E-state index < -0.39 is 11.4 Å². The van der Waals surface area contributed by atoms with Gasteiger partial charge < -0.3 is 15.4 Å². The molecule has 1 aromatic carbocycles. The van der Waals surface area contributed by atoms with Gasteiger partial charge in [0.25, 0.3) is 0 Å². The molecule has 2 aliphatic heterocycles. The van der Waals surface area contributed by atoms with E-state index in [9.17, 15) is 14.0 Å². The van der Waals surface area contributed by atoms with Crippen LogP contribution in [0, 0.1) is 12.7 Å². The zero-order valence-corrected chi connectivity index (χ0v) is 20.0. The minimum Gasteiger partial charge on any atom is -0.444 e. The molecule has 1 aromatic heterocycles. The lowest BCUT2D eigenvalue weighted by atomic mass is 10.0. The number of rotatable bonds is 2. The molecule has 1 saturated heterocycles. The molecular weight excluding hydrogens is 439 g/mol. The number of urea groups is 1. The zero-order chi connectivity index (χ0) is 24.6. The minimum absolute atomic E-state index is 0.0658. The van der Waals surface area contributed by atoms with Gasteiger partial charge in [0.1, 0.15) is 17.2 Å². The number of ether oxygens (including phenoxy) is 1. The summed E-state index contributed by atoms with van der Waals surface area (Å²) in [6, 6.07) is 4.13. The maximum absolute atomic E-state index is 14.8. The topological polar surface area (TPSA) is 105 Å². The number of amides is 3. The van der Waals surface area contributed by atoms with E-state index in [1.807, 2.05) is 20.8 Å². The Morgan fingerprint density at radius 3 is 2.71 bits per heavy atom. The Morgan fingerprint density at radius 1 is 1.24 bits per heavy atom. The largest absolute Gasteiger partial charge is 0.444 e. The summed E-state index contributed by atoms with van der Waals surface area (Å²) in [6.45, 7) is 8.37. The standard InChI is InChI=1S/C24H31FN6O3/c1-15-7-5-9-18(25)19(15)30-14-16-13-27-21(26)28-20(16)31(22(30)32)17-8-6-11-29(12-10-17)23(33)34-24(2,3)4/h5,7,9,13,17H,6,8,10-12,14H2,1-4H3,(H2,26,27,28)/t17-/m1/s1. The normalized spacial score (nSPS) is 19.0. The summed E-state index contributed by atoms with van der Waals surface area (Å²) in [6.07, 6.45) is 3.08. The fraction of sp³-hybridized carbons (Fsp3) is 0.500. The van der Waals surface area contributed by atoms with E-state index >= 15 is 0 Å². The predicted octanol–water partition coefficient (Wildman–Crippen LogP) is 4.24. The minimum atomic E-state index is -0.586. The molecule has 1 atom stereocenters. The molecule has 0 radical (unpaired) electrons. The Hall–Kier alpha value is -3.43. The second-order valence-electron chi connectivity index (χ2n) is 9.77. The smallest absolute Gasteiger partial charge is 0.410 e. The fourth-order valence-corrected chi connectivity index (χ4v) is 4.50. The van der Waals surface area contributed by atoms with Gasteiger partial charge in [-0.15, -0.1) is 0 Å². The number of halogens is 1. The van der Waals surface area contributed by atoms with Crippen LogP contribution in [-0.4, -0.2) is 51.7 Å². The van der Waals surface area contributed by atoms with Gasteiger partial charge >= 0.3 is 12.1 Å². The predicted molar refractivity (Wildman–Crippen MR) is 127 cm³/mol. The molecule has 10 heteroatoms. The lowest BCUT2D eigenvalue weighted by Crippen LogP contribution is -2.53. The van der Waals surface area contributed by atoms with E-state index in [-0.39, 0.29) is 36.3 Å². The molecule has 3 heterocycles. The van der Waals surface area contributed by atoms with Crippen LogP contribution in [-0.2, 0) is 11.3 Å². The number of carbonyl (C=O) groups excluding carboxylic acids is 2. The first-order valence-electron chi connectivity index (χ1n) is 11.5. The summed E-state index contributed by atoms with van der Waals surface area (Å²) in [4.78, 5) is 39.6. The molecule has 0 bridgehead atoms. The summed E-state index contributed by atoms with van der Waals surface area (Å²) in [5, 5.41) is 0. The summed E-state index contributed by atoms with van der Waals surface area (Å²) in [5.41, 5.74) is 6.86. The molecule has 9 nitrogen and oxygen atoms in total. The molecule has 0 aliphatic carbocycles. The quantitative estimate of drug-likeness (QED) is 0.704. The number of anilines is 3. The molecule has 0 spiro atoms. The number of aromatic nitrogens is 2. The highest BCUT2D eigenvalue weighted by Gasteiger charge is 2.39. The fourth-order valence-electron chi connectivity index (χ4n) is 4.50. The number of hydrogen-bond donors (Lipinski definition) is 1. The molecule has 182 valence electrons. The van der Waals surface area contributed by atoms with Gasteiger partial charge in [0.15, 0.2) is 0 Å². The number of likely N-dealkylation sites (tertiary alicyclic amines) is 1. The van der Waals surface area contributed by atoms with Crippen LogP contribution in [0.3, 0.4) is 0 Å². The summed E-state index contributed by atoms with van der Waals surface area (Å²) >= 11 is 0. The number of benzene rings is 1. The van der Waals surface area contributed by atoms with E-state index in [0.717, 1.165) is 0 Å². The van der Waals surface area contributed by atoms with E-state index in [1.54, 1.807) is 35.1 Å². The van der Waals surface area contributed by atoms with Crippen LogP contribution in [0.25, 0.3) is 0 Å². The van der Waals surface area contributed by atoms with Crippen LogP contribution >= 0.6 is 0 Å². The van der Waals surface area contributed by atoms with Crippen molar-refractivity contribution in [1.82, 2.24) is 14.9 Å². The van der Waals surface area contributed by atoms with Gasteiger partial charge in [-0.2, -0.15) is 4.98 Å². The van der Waals surface area contributed by atoms with Crippen molar-refractivity contribution in [3.8, 4) is 0 Å². The van der Waals surface area contributed by atoms with Gasteiger partial charge in [-0.25, -0.2) is 19.0 Å². The second kappa shape index (κ2) is 9.08. The van der Waals surface area contributed by atoms with E-state index in [4.69, 9.17) is 10.5 Å². The van der Waals surface area contributed by atoms with Crippen LogP contribution in [0.4, 0.5) is 31.4 Å². The molecule has 1 fully saturated rings. The number of nitrogen functional groups attached to an aromatic ring is 1. The molecular formula is C24H31FN6O3. The number of nitrogens with zero attached hydrogens (tertiary/aromatic N) is 5. The Labute approximate surface area is 198 Å². The molecule has 0 unspecified atom stereocenters. The molecule has 2 aliphatic rings. The monoisotopic (exact) mass is 470 g/mol. The van der Waals surface area contributed by atoms with Crippen molar-refractivity contribution < 1.29 is 18.7 Å². The average Bonchev–Trinajstić information content (AvgIpc) is 2.99. The van der Waals surface area contributed by atoms with Gasteiger partial charge in [-0.05, 0) is 58.6 Å². The van der Waals surface area contributed by atoms with Crippen LogP contribution in [0.1, 0.15) is 51.2 Å². The SMILES string of the molecule is Cc1cccc(F)c1N1Cc2cnc(N)nc2N([C@@H]2CCCN(C(=O)OC(C)(C)C)CC2)C1=O. The van der Waals surface area contributed by atoms with Crippen molar-refractivity contribution in [2.45, 2.75) is 65.1 Å². The van der Waals surface area contributed by atoms with Crippen LogP contribution in [0.15, 0.2) is 24.4 Å². The first-order valence-corrected chi connectivity index (χ1v) is 11.5. The molecule has 2 aromatic rings. The van der Waals surface area contributed by atoms with Crippen molar-refractivity contribution in [2.24, 2.45) is 0 Å². The second-order valence-corrected chi connectivity index (χ2v) is 9.77. The number of para-hydroxylation sites is 1. The van der Waals surface area contributed by atoms with E-state index in [0.29, 0.717) is 49.3 Å². The van der Waals surface area contributed by atoms with Gasteiger partial charge in [-0.3, -0.25) is 9.80 Å². The summed E-state index contributed by atoms with van der Waals surface area (Å²) < 4.78 is 20.4. The highest BCUT2D eigenvalue weighted by atomic mass is 19.1. The first kappa shape index (κ1) is 23.7. The Morgan fingerprint density at radius 2 is 2.00 bits per heavy atom. The van der Waals surface area contributed by atoms with E-state index in [2.05, 4.69) is 9.97 Å². The number of hydrogen-bond acceptors (Lipinski definition) is 6. The van der Waals surface area contributed by atoms with Crippen molar-refractivity contribution in [1.29, 1.82) is 0 Å². The lowest BCUT2D eigenvalue weighted by molar-refractivity contribution is 0.0256. The third kappa shape index (κ3) is 4.76. The summed E-state index contributed by atoms with van der Waals surface area (Å²) in [5.74, 6) is 0.0413. The molecule has 3 amide bonds. The van der Waals surface area contributed by atoms with Crippen LogP contribution in [0.5, 0.6) is 0 Å². The Kier molecular flexibility index (Phi) is 6.33. The highest BCUT2D eigenvalue weighted by molar-refractivity contribution is 6.06. The first-order chi connectivity index (χ1) is 16.0.